The summed E-state index contributed by atoms with van der Waals surface area (Å²) in [5.74, 6) is -0.135. The highest BCUT2D eigenvalue weighted by molar-refractivity contribution is 6.30. The first-order valence-electron chi connectivity index (χ1n) is 9.52. The van der Waals surface area contributed by atoms with E-state index in [1.165, 1.54) is 5.69 Å². The first-order valence-corrected chi connectivity index (χ1v) is 9.90. The van der Waals surface area contributed by atoms with Gasteiger partial charge >= 0.3 is 0 Å². The van der Waals surface area contributed by atoms with E-state index in [0.29, 0.717) is 29.3 Å². The zero-order valence-electron chi connectivity index (χ0n) is 15.8. The molecule has 0 spiro atoms. The van der Waals surface area contributed by atoms with Crippen molar-refractivity contribution < 1.29 is 9.53 Å². The number of rotatable bonds is 5. The van der Waals surface area contributed by atoms with Gasteiger partial charge in [0.25, 0.3) is 5.91 Å². The number of amides is 1. The minimum absolute atomic E-state index is 0.135. The number of imidazole rings is 1. The molecule has 1 saturated heterocycles. The van der Waals surface area contributed by atoms with Crippen LogP contribution >= 0.6 is 11.6 Å². The minimum Gasteiger partial charge on any atom is -0.378 e. The van der Waals surface area contributed by atoms with Gasteiger partial charge in [0.2, 0.25) is 0 Å². The van der Waals surface area contributed by atoms with Gasteiger partial charge in [0, 0.05) is 42.6 Å². The number of aromatic nitrogens is 2. The molecule has 6 nitrogen and oxygen atoms in total. The Morgan fingerprint density at radius 1 is 1.21 bits per heavy atom. The highest BCUT2D eigenvalue weighted by Gasteiger charge is 2.18. The maximum atomic E-state index is 12.8. The molecule has 3 aromatic rings. The number of anilines is 1. The van der Waals surface area contributed by atoms with Crippen molar-refractivity contribution in [1.82, 2.24) is 14.7 Å². The smallest absolute Gasteiger partial charge is 0.270 e. The topological polar surface area (TPSA) is 58.9 Å². The fourth-order valence-corrected chi connectivity index (χ4v) is 3.62. The van der Waals surface area contributed by atoms with Crippen LogP contribution in [0, 0.1) is 0 Å². The van der Waals surface area contributed by atoms with E-state index in [1.54, 1.807) is 22.7 Å². The lowest BCUT2D eigenvalue weighted by Crippen LogP contribution is -2.36. The molecule has 0 atom stereocenters. The van der Waals surface area contributed by atoms with Crippen LogP contribution in [0.5, 0.6) is 0 Å². The van der Waals surface area contributed by atoms with Crippen LogP contribution in [0.15, 0.2) is 42.6 Å². The highest BCUT2D eigenvalue weighted by Crippen LogP contribution is 2.19. The molecule has 1 N–H and O–H groups in total. The van der Waals surface area contributed by atoms with E-state index in [4.69, 9.17) is 16.3 Å². The van der Waals surface area contributed by atoms with Crippen molar-refractivity contribution in [3.05, 3.63) is 64.6 Å². The Morgan fingerprint density at radius 3 is 2.68 bits per heavy atom. The number of halogens is 1. The number of carbonyl (C=O) groups excluding carboxylic acids is 1. The lowest BCUT2D eigenvalue weighted by molar-refractivity contribution is 0.0944. The number of hydrogen-bond acceptors (Lipinski definition) is 4. The van der Waals surface area contributed by atoms with Crippen molar-refractivity contribution in [2.24, 2.45) is 0 Å². The lowest BCUT2D eigenvalue weighted by Gasteiger charge is -2.28. The van der Waals surface area contributed by atoms with Gasteiger partial charge in [-0.25, -0.2) is 4.98 Å². The Morgan fingerprint density at radius 2 is 1.96 bits per heavy atom. The Hall–Kier alpha value is -2.57. The molecule has 1 amide bonds. The van der Waals surface area contributed by atoms with Crippen LogP contribution < -0.4 is 10.2 Å². The SMILES string of the molecule is CCc1nc2cc(Cl)ccn2c1C(=O)NCc1ccc(N2CCOCC2)cc1. The Kier molecular flexibility index (Phi) is 5.50. The van der Waals surface area contributed by atoms with E-state index in [0.717, 1.165) is 37.6 Å². The third kappa shape index (κ3) is 3.84. The zero-order chi connectivity index (χ0) is 19.5. The summed E-state index contributed by atoms with van der Waals surface area (Å²) in [5.41, 5.74) is 4.26. The molecule has 0 aliphatic carbocycles. The number of nitrogens with zero attached hydrogens (tertiary/aromatic N) is 3. The summed E-state index contributed by atoms with van der Waals surface area (Å²) in [6.07, 6.45) is 2.46. The molecule has 1 fully saturated rings. The summed E-state index contributed by atoms with van der Waals surface area (Å²) in [5, 5.41) is 3.62. The third-order valence-corrected chi connectivity index (χ3v) is 5.21. The van der Waals surface area contributed by atoms with Crippen molar-refractivity contribution in [2.45, 2.75) is 19.9 Å². The molecule has 0 bridgehead atoms. The maximum Gasteiger partial charge on any atom is 0.270 e. The molecule has 4 rings (SSSR count). The van der Waals surface area contributed by atoms with Gasteiger partial charge in [0.15, 0.2) is 0 Å². The molecule has 1 aromatic carbocycles. The van der Waals surface area contributed by atoms with Crippen LogP contribution in [0.2, 0.25) is 5.02 Å². The van der Waals surface area contributed by atoms with Gasteiger partial charge in [0.05, 0.1) is 18.9 Å². The normalized spacial score (nSPS) is 14.4. The van der Waals surface area contributed by atoms with Crippen molar-refractivity contribution in [2.75, 3.05) is 31.2 Å². The first-order chi connectivity index (χ1) is 13.7. The largest absolute Gasteiger partial charge is 0.378 e. The number of ether oxygens (including phenoxy) is 1. The number of nitrogens with one attached hydrogen (secondary N) is 1. The number of pyridine rings is 1. The Balaban J connectivity index is 1.46. The summed E-state index contributed by atoms with van der Waals surface area (Å²) in [7, 11) is 0. The number of carbonyl (C=O) groups is 1. The van der Waals surface area contributed by atoms with Gasteiger partial charge in [0.1, 0.15) is 11.3 Å². The number of hydrogen-bond donors (Lipinski definition) is 1. The molecule has 146 valence electrons. The Labute approximate surface area is 169 Å². The fourth-order valence-electron chi connectivity index (χ4n) is 3.47. The predicted molar refractivity (Wildman–Crippen MR) is 110 cm³/mol. The zero-order valence-corrected chi connectivity index (χ0v) is 16.6. The average molecular weight is 399 g/mol. The van der Waals surface area contributed by atoms with Crippen molar-refractivity contribution in [1.29, 1.82) is 0 Å². The molecule has 28 heavy (non-hydrogen) atoms. The third-order valence-electron chi connectivity index (χ3n) is 4.98. The molecule has 2 aromatic heterocycles. The van der Waals surface area contributed by atoms with Crippen LogP contribution in [0.1, 0.15) is 28.7 Å². The van der Waals surface area contributed by atoms with Crippen molar-refractivity contribution >= 4 is 28.8 Å². The summed E-state index contributed by atoms with van der Waals surface area (Å²) in [6.45, 7) is 5.81. The van der Waals surface area contributed by atoms with E-state index in [-0.39, 0.29) is 5.91 Å². The van der Waals surface area contributed by atoms with E-state index in [1.807, 2.05) is 6.92 Å². The molecule has 1 aliphatic rings. The van der Waals surface area contributed by atoms with E-state index in [9.17, 15) is 4.79 Å². The van der Waals surface area contributed by atoms with E-state index in [2.05, 4.69) is 39.5 Å². The summed E-state index contributed by atoms with van der Waals surface area (Å²) >= 11 is 6.05. The van der Waals surface area contributed by atoms with Crippen LogP contribution in [-0.4, -0.2) is 41.6 Å². The highest BCUT2D eigenvalue weighted by atomic mass is 35.5. The summed E-state index contributed by atoms with van der Waals surface area (Å²) in [6, 6.07) is 11.8. The van der Waals surface area contributed by atoms with E-state index >= 15 is 0 Å². The van der Waals surface area contributed by atoms with Gasteiger partial charge in [-0.1, -0.05) is 30.7 Å². The quantitative estimate of drug-likeness (QED) is 0.716. The maximum absolute atomic E-state index is 12.8. The predicted octanol–water partition coefficient (Wildman–Crippen LogP) is 3.32. The monoisotopic (exact) mass is 398 g/mol. The number of fused-ring (bicyclic) bond motifs is 1. The van der Waals surface area contributed by atoms with Gasteiger partial charge < -0.3 is 15.0 Å². The molecule has 7 heteroatoms. The van der Waals surface area contributed by atoms with Gasteiger partial charge in [-0.15, -0.1) is 0 Å². The second kappa shape index (κ2) is 8.20. The molecule has 0 radical (unpaired) electrons. The summed E-state index contributed by atoms with van der Waals surface area (Å²) < 4.78 is 7.19. The van der Waals surface area contributed by atoms with Crippen molar-refractivity contribution in [3.63, 3.8) is 0 Å². The summed E-state index contributed by atoms with van der Waals surface area (Å²) in [4.78, 5) is 19.7. The average Bonchev–Trinajstić information content (AvgIpc) is 3.10. The Bertz CT molecular complexity index is 978. The van der Waals surface area contributed by atoms with Gasteiger partial charge in [-0.3, -0.25) is 9.20 Å². The number of morpholine rings is 1. The molecule has 1 aliphatic heterocycles. The van der Waals surface area contributed by atoms with Crippen LogP contribution in [-0.2, 0) is 17.7 Å². The van der Waals surface area contributed by atoms with Gasteiger partial charge in [-0.2, -0.15) is 0 Å². The molecular formula is C21H23ClN4O2. The van der Waals surface area contributed by atoms with E-state index < -0.39 is 0 Å². The fraction of sp³-hybridized carbons (Fsp3) is 0.333. The second-order valence-corrected chi connectivity index (χ2v) is 7.22. The van der Waals surface area contributed by atoms with Crippen LogP contribution in [0.3, 0.4) is 0 Å². The first kappa shape index (κ1) is 18.8. The molecular weight excluding hydrogens is 376 g/mol. The standard InChI is InChI=1S/C21H23ClN4O2/c1-2-18-20(26-8-7-16(22)13-19(26)24-18)21(27)23-14-15-3-5-17(6-4-15)25-9-11-28-12-10-25/h3-8,13H,2,9-12,14H2,1H3,(H,23,27). The number of benzene rings is 1. The molecule has 3 heterocycles. The molecule has 0 unspecified atom stereocenters. The van der Waals surface area contributed by atoms with Gasteiger partial charge in [-0.05, 0) is 30.2 Å². The van der Waals surface area contributed by atoms with Crippen molar-refractivity contribution in [3.8, 4) is 0 Å². The number of aryl methyl sites for hydroxylation is 1. The minimum atomic E-state index is -0.135. The van der Waals surface area contributed by atoms with Crippen LogP contribution in [0.4, 0.5) is 5.69 Å². The second-order valence-electron chi connectivity index (χ2n) is 6.78. The molecule has 0 saturated carbocycles. The lowest BCUT2D eigenvalue weighted by atomic mass is 10.1. The van der Waals surface area contributed by atoms with Crippen LogP contribution in [0.25, 0.3) is 5.65 Å².